The van der Waals surface area contributed by atoms with Crippen LogP contribution in [0.5, 0.6) is 0 Å². The van der Waals surface area contributed by atoms with Crippen LogP contribution in [0.15, 0.2) is 42.6 Å². The van der Waals surface area contributed by atoms with Crippen LogP contribution in [0.3, 0.4) is 0 Å². The Balaban J connectivity index is 2.97. The molecular formula is C9H8. The van der Waals surface area contributed by atoms with E-state index in [1.807, 2.05) is 36.4 Å². The topological polar surface area (TPSA) is 0 Å². The number of hydrogen-bond acceptors (Lipinski definition) is 0. The number of benzene rings is 1. The molecule has 0 saturated heterocycles. The van der Waals surface area contributed by atoms with Gasteiger partial charge >= 0.3 is 0 Å². The van der Waals surface area contributed by atoms with Gasteiger partial charge < -0.3 is 0 Å². The fourth-order valence-corrected chi connectivity index (χ4v) is 0.667. The first-order valence-electron chi connectivity index (χ1n) is 2.84. The Morgan fingerprint density at radius 2 is 1.89 bits per heavy atom. The molecule has 9 heavy (non-hydrogen) atoms. The van der Waals surface area contributed by atoms with Gasteiger partial charge in [-0.3, -0.25) is 0 Å². The Bertz CT molecular complexity index is 215. The molecule has 0 aliphatic carbocycles. The van der Waals surface area contributed by atoms with Gasteiger partial charge in [-0.25, -0.2) is 0 Å². The van der Waals surface area contributed by atoms with Gasteiger partial charge in [0.2, 0.25) is 0 Å². The van der Waals surface area contributed by atoms with Crippen LogP contribution < -0.4 is 0 Å². The zero-order valence-electron chi connectivity index (χ0n) is 5.17. The second-order valence-corrected chi connectivity index (χ2v) is 1.76. The molecule has 0 bridgehead atoms. The summed E-state index contributed by atoms with van der Waals surface area (Å²) in [4.78, 5) is 0. The minimum atomic E-state index is 1.15. The van der Waals surface area contributed by atoms with E-state index in [4.69, 9.17) is 0 Å². The van der Waals surface area contributed by atoms with Crippen molar-refractivity contribution in [1.29, 1.82) is 0 Å². The average Bonchev–Trinajstić information content (AvgIpc) is 1.91. The van der Waals surface area contributed by atoms with Crippen molar-refractivity contribution in [2.45, 2.75) is 0 Å². The highest BCUT2D eigenvalue weighted by Crippen LogP contribution is 1.98. The Morgan fingerprint density at radius 3 is 2.44 bits per heavy atom. The third kappa shape index (κ3) is 1.60. The van der Waals surface area contributed by atoms with Gasteiger partial charge in [-0.05, 0) is 11.6 Å². The largest absolute Gasteiger partial charge is 0.128 e. The van der Waals surface area contributed by atoms with Gasteiger partial charge in [-0.1, -0.05) is 36.9 Å². The zero-order valence-corrected chi connectivity index (χ0v) is 5.17. The molecule has 0 unspecified atom stereocenters. The van der Waals surface area contributed by atoms with E-state index in [1.54, 1.807) is 0 Å². The summed E-state index contributed by atoms with van der Waals surface area (Å²) in [6.45, 7) is 3.48. The molecule has 0 aromatic heterocycles. The fraction of sp³-hybridized carbons (Fsp3) is 0. The summed E-state index contributed by atoms with van der Waals surface area (Å²) in [5, 5.41) is 0. The molecule has 0 nitrogen and oxygen atoms in total. The highest BCUT2D eigenvalue weighted by molar-refractivity contribution is 5.47. The van der Waals surface area contributed by atoms with Crippen molar-refractivity contribution in [1.82, 2.24) is 0 Å². The lowest BCUT2D eigenvalue weighted by Crippen LogP contribution is -1.64. The summed E-state index contributed by atoms with van der Waals surface area (Å²) in [6.07, 6.45) is 1.85. The monoisotopic (exact) mass is 116 g/mol. The molecule has 0 heteroatoms. The summed E-state index contributed by atoms with van der Waals surface area (Å²) >= 11 is 0. The first kappa shape index (κ1) is 5.87. The van der Waals surface area contributed by atoms with Crippen LogP contribution >= 0.6 is 0 Å². The molecule has 1 aromatic rings. The summed E-state index contributed by atoms with van der Waals surface area (Å²) < 4.78 is 0. The summed E-state index contributed by atoms with van der Waals surface area (Å²) in [5.41, 5.74) is 3.85. The molecule has 0 heterocycles. The molecular weight excluding hydrogens is 108 g/mol. The average molecular weight is 116 g/mol. The van der Waals surface area contributed by atoms with Crippen LogP contribution in [0.4, 0.5) is 0 Å². The molecule has 0 radical (unpaired) electrons. The maximum Gasteiger partial charge on any atom is -0.0133 e. The molecule has 1 rings (SSSR count). The van der Waals surface area contributed by atoms with Crippen LogP contribution in [0.1, 0.15) is 5.56 Å². The SMILES string of the molecule is C=C=Cc1ccccc1. The first-order valence-corrected chi connectivity index (χ1v) is 2.84. The molecule has 0 N–H and O–H groups in total. The van der Waals surface area contributed by atoms with Gasteiger partial charge in [0.15, 0.2) is 0 Å². The van der Waals surface area contributed by atoms with Crippen LogP contribution in [0, 0.1) is 0 Å². The molecule has 0 fully saturated rings. The van der Waals surface area contributed by atoms with Gasteiger partial charge in [-0.2, -0.15) is 0 Å². The van der Waals surface area contributed by atoms with E-state index in [9.17, 15) is 0 Å². The number of rotatable bonds is 1. The van der Waals surface area contributed by atoms with E-state index in [1.165, 1.54) is 0 Å². The Labute approximate surface area is 55.1 Å². The van der Waals surface area contributed by atoms with Gasteiger partial charge in [0.05, 0.1) is 0 Å². The number of hydrogen-bond donors (Lipinski definition) is 0. The maximum absolute atomic E-state index is 3.48. The smallest absolute Gasteiger partial charge is 0.0133 e. The molecule has 0 spiro atoms. The van der Waals surface area contributed by atoms with Crippen LogP contribution in [-0.2, 0) is 0 Å². The lowest BCUT2D eigenvalue weighted by atomic mass is 10.2. The quantitative estimate of drug-likeness (QED) is 0.494. The van der Waals surface area contributed by atoms with Gasteiger partial charge in [0.25, 0.3) is 0 Å². The van der Waals surface area contributed by atoms with Crippen molar-refractivity contribution in [2.75, 3.05) is 0 Å². The molecule has 1 aromatic carbocycles. The van der Waals surface area contributed by atoms with E-state index in [0.29, 0.717) is 0 Å². The molecule has 0 amide bonds. The van der Waals surface area contributed by atoms with Crippen LogP contribution in [-0.4, -0.2) is 0 Å². The normalized spacial score (nSPS) is 8.00. The van der Waals surface area contributed by atoms with E-state index in [2.05, 4.69) is 12.3 Å². The van der Waals surface area contributed by atoms with Crippen molar-refractivity contribution < 1.29 is 0 Å². The molecule has 44 valence electrons. The predicted molar refractivity (Wildman–Crippen MR) is 40.0 cm³/mol. The second kappa shape index (κ2) is 2.91. The molecule has 0 aliphatic heterocycles. The minimum Gasteiger partial charge on any atom is -0.128 e. The van der Waals surface area contributed by atoms with E-state index in [0.717, 1.165) is 5.56 Å². The second-order valence-electron chi connectivity index (χ2n) is 1.76. The zero-order chi connectivity index (χ0) is 6.53. The van der Waals surface area contributed by atoms with Crippen molar-refractivity contribution in [3.05, 3.63) is 48.2 Å². The Kier molecular flexibility index (Phi) is 1.90. The molecule has 0 saturated carbocycles. The molecule has 0 atom stereocenters. The summed E-state index contributed by atoms with van der Waals surface area (Å²) in [7, 11) is 0. The highest BCUT2D eigenvalue weighted by atomic mass is 13.8. The van der Waals surface area contributed by atoms with Gasteiger partial charge in [0, 0.05) is 0 Å². The lowest BCUT2D eigenvalue weighted by Gasteiger charge is -1.85. The van der Waals surface area contributed by atoms with E-state index in [-0.39, 0.29) is 0 Å². The van der Waals surface area contributed by atoms with Crippen molar-refractivity contribution >= 4 is 6.08 Å². The van der Waals surface area contributed by atoms with Crippen molar-refractivity contribution in [2.24, 2.45) is 0 Å². The fourth-order valence-electron chi connectivity index (χ4n) is 0.667. The van der Waals surface area contributed by atoms with Gasteiger partial charge in [-0.15, -0.1) is 5.73 Å². The van der Waals surface area contributed by atoms with Crippen LogP contribution in [0.25, 0.3) is 6.08 Å². The third-order valence-corrected chi connectivity index (χ3v) is 1.07. The van der Waals surface area contributed by atoms with Gasteiger partial charge in [0.1, 0.15) is 0 Å². The van der Waals surface area contributed by atoms with Crippen molar-refractivity contribution in [3.8, 4) is 0 Å². The summed E-state index contributed by atoms with van der Waals surface area (Å²) in [6, 6.07) is 9.99. The third-order valence-electron chi connectivity index (χ3n) is 1.07. The summed E-state index contributed by atoms with van der Waals surface area (Å²) in [5.74, 6) is 0. The molecule has 0 aliphatic rings. The lowest BCUT2D eigenvalue weighted by molar-refractivity contribution is 1.66. The Morgan fingerprint density at radius 1 is 1.22 bits per heavy atom. The predicted octanol–water partition coefficient (Wildman–Crippen LogP) is 2.48. The van der Waals surface area contributed by atoms with Crippen molar-refractivity contribution in [3.63, 3.8) is 0 Å². The minimum absolute atomic E-state index is 1.15. The Hall–Kier alpha value is -1.26. The maximum atomic E-state index is 3.48. The van der Waals surface area contributed by atoms with E-state index < -0.39 is 0 Å². The standard InChI is InChI=1S/C9H8/c1-2-6-9-7-4-3-5-8-9/h3-8H,1H2. The highest BCUT2D eigenvalue weighted by Gasteiger charge is 1.77. The van der Waals surface area contributed by atoms with Crippen LogP contribution in [0.2, 0.25) is 0 Å². The first-order chi connectivity index (χ1) is 4.43. The van der Waals surface area contributed by atoms with E-state index >= 15 is 0 Å².